The molecule has 2 rings (SSSR count). The van der Waals surface area contributed by atoms with E-state index in [-0.39, 0.29) is 11.4 Å². The molecule has 3 nitrogen and oxygen atoms in total. The van der Waals surface area contributed by atoms with Crippen molar-refractivity contribution in [1.29, 1.82) is 0 Å². The maximum absolute atomic E-state index is 6.02. The van der Waals surface area contributed by atoms with Crippen molar-refractivity contribution in [1.82, 2.24) is 4.98 Å². The molecule has 0 spiro atoms. The van der Waals surface area contributed by atoms with Gasteiger partial charge in [-0.3, -0.25) is 0 Å². The predicted octanol–water partition coefficient (Wildman–Crippen LogP) is 4.06. The number of methoxy groups -OCH3 is 1. The van der Waals surface area contributed by atoms with Crippen molar-refractivity contribution >= 4 is 28.2 Å². The summed E-state index contributed by atoms with van der Waals surface area (Å²) >= 11 is 6.02. The minimum Gasteiger partial charge on any atom is -0.497 e. The van der Waals surface area contributed by atoms with Crippen LogP contribution >= 0.6 is 11.6 Å². The van der Waals surface area contributed by atoms with Gasteiger partial charge in [-0.1, -0.05) is 0 Å². The average Bonchev–Trinajstić information content (AvgIpc) is 2.37. The van der Waals surface area contributed by atoms with Crippen LogP contribution in [0.2, 0.25) is 0 Å². The van der Waals surface area contributed by atoms with Gasteiger partial charge in [-0.25, -0.2) is 4.98 Å². The van der Waals surface area contributed by atoms with Crippen LogP contribution in [0.5, 0.6) is 5.75 Å². The second-order valence-corrected chi connectivity index (χ2v) is 5.55. The first-order chi connectivity index (χ1) is 9.10. The summed E-state index contributed by atoms with van der Waals surface area (Å²) in [5.74, 6) is 1.75. The summed E-state index contributed by atoms with van der Waals surface area (Å²) in [7, 11) is 1.67. The van der Waals surface area contributed by atoms with Gasteiger partial charge in [0.15, 0.2) is 0 Å². The summed E-state index contributed by atoms with van der Waals surface area (Å²) in [5.41, 5.74) is 0. The summed E-state index contributed by atoms with van der Waals surface area (Å²) in [6.07, 6.45) is 2.71. The lowest BCUT2D eigenvalue weighted by Gasteiger charge is -2.17. The third kappa shape index (κ3) is 3.51. The lowest BCUT2D eigenvalue weighted by molar-refractivity contribution is 0.415. The van der Waals surface area contributed by atoms with E-state index in [2.05, 4.69) is 17.2 Å². The van der Waals surface area contributed by atoms with Crippen LogP contribution in [0.4, 0.5) is 5.82 Å². The lowest BCUT2D eigenvalue weighted by atomic mass is 10.1. The third-order valence-electron chi connectivity index (χ3n) is 3.03. The Morgan fingerprint density at radius 2 is 2.11 bits per heavy atom. The topological polar surface area (TPSA) is 34.1 Å². The van der Waals surface area contributed by atoms with E-state index in [0.29, 0.717) is 0 Å². The van der Waals surface area contributed by atoms with Crippen LogP contribution in [0.25, 0.3) is 10.8 Å². The number of benzene rings is 1. The number of halogens is 1. The molecule has 2 atom stereocenters. The van der Waals surface area contributed by atoms with E-state index in [1.165, 1.54) is 0 Å². The molecule has 0 aliphatic rings. The summed E-state index contributed by atoms with van der Waals surface area (Å²) in [6, 6.07) is 8.26. The van der Waals surface area contributed by atoms with Crippen LogP contribution in [-0.2, 0) is 0 Å². The minimum atomic E-state index is 0.151. The molecule has 0 amide bonds. The summed E-state index contributed by atoms with van der Waals surface area (Å²) in [4.78, 5) is 4.41. The molecule has 1 heterocycles. The van der Waals surface area contributed by atoms with Crippen LogP contribution in [0.3, 0.4) is 0 Å². The molecule has 1 aromatic heterocycles. The summed E-state index contributed by atoms with van der Waals surface area (Å²) in [6.45, 7) is 4.12. The van der Waals surface area contributed by atoms with Crippen molar-refractivity contribution in [3.05, 3.63) is 30.5 Å². The van der Waals surface area contributed by atoms with E-state index < -0.39 is 0 Å². The number of hydrogen-bond acceptors (Lipinski definition) is 3. The second kappa shape index (κ2) is 6.11. The van der Waals surface area contributed by atoms with Crippen molar-refractivity contribution in [2.45, 2.75) is 31.7 Å². The van der Waals surface area contributed by atoms with Gasteiger partial charge >= 0.3 is 0 Å². The molecular weight excluding hydrogens is 260 g/mol. The molecule has 19 heavy (non-hydrogen) atoms. The van der Waals surface area contributed by atoms with Crippen molar-refractivity contribution in [2.24, 2.45) is 0 Å². The first kappa shape index (κ1) is 13.9. The first-order valence-electron chi connectivity index (χ1n) is 6.43. The van der Waals surface area contributed by atoms with E-state index in [1.54, 1.807) is 13.3 Å². The molecule has 0 aliphatic heterocycles. The molecule has 1 N–H and O–H groups in total. The van der Waals surface area contributed by atoms with E-state index in [0.717, 1.165) is 28.8 Å². The number of hydrogen-bond donors (Lipinski definition) is 1. The molecule has 1 aromatic carbocycles. The van der Waals surface area contributed by atoms with Crippen LogP contribution in [0.15, 0.2) is 30.5 Å². The number of nitrogens with one attached hydrogen (secondary N) is 1. The Bertz CT molecular complexity index is 557. The molecule has 0 saturated carbocycles. The molecule has 102 valence electrons. The SMILES string of the molecule is COc1ccc2c(NC(C)CC(C)Cl)nccc2c1. The van der Waals surface area contributed by atoms with Crippen LogP contribution in [0, 0.1) is 0 Å². The third-order valence-corrected chi connectivity index (χ3v) is 3.21. The highest BCUT2D eigenvalue weighted by molar-refractivity contribution is 6.20. The Morgan fingerprint density at radius 3 is 2.79 bits per heavy atom. The van der Waals surface area contributed by atoms with Gasteiger partial charge in [0.25, 0.3) is 0 Å². The van der Waals surface area contributed by atoms with Crippen molar-refractivity contribution in [3.8, 4) is 5.75 Å². The van der Waals surface area contributed by atoms with Crippen LogP contribution < -0.4 is 10.1 Å². The molecule has 0 saturated heterocycles. The number of alkyl halides is 1. The Balaban J connectivity index is 2.28. The highest BCUT2D eigenvalue weighted by atomic mass is 35.5. The average molecular weight is 279 g/mol. The van der Waals surface area contributed by atoms with E-state index in [1.807, 2.05) is 31.2 Å². The largest absolute Gasteiger partial charge is 0.497 e. The van der Waals surface area contributed by atoms with Crippen molar-refractivity contribution in [2.75, 3.05) is 12.4 Å². The molecule has 0 radical (unpaired) electrons. The molecule has 2 unspecified atom stereocenters. The van der Waals surface area contributed by atoms with Gasteiger partial charge < -0.3 is 10.1 Å². The summed E-state index contributed by atoms with van der Waals surface area (Å²) < 4.78 is 5.24. The van der Waals surface area contributed by atoms with Crippen LogP contribution in [-0.4, -0.2) is 23.5 Å². The Hall–Kier alpha value is -1.48. The molecule has 0 aliphatic carbocycles. The van der Waals surface area contributed by atoms with Gasteiger partial charge in [0, 0.05) is 23.0 Å². The van der Waals surface area contributed by atoms with Gasteiger partial charge in [0.2, 0.25) is 0 Å². The molecule has 4 heteroatoms. The lowest BCUT2D eigenvalue weighted by Crippen LogP contribution is -2.19. The maximum atomic E-state index is 6.02. The number of aromatic nitrogens is 1. The first-order valence-corrected chi connectivity index (χ1v) is 6.87. The fourth-order valence-corrected chi connectivity index (χ4v) is 2.44. The number of pyridine rings is 1. The van der Waals surface area contributed by atoms with E-state index in [4.69, 9.17) is 16.3 Å². The van der Waals surface area contributed by atoms with Crippen LogP contribution in [0.1, 0.15) is 20.3 Å². The number of anilines is 1. The zero-order valence-electron chi connectivity index (χ0n) is 11.5. The van der Waals surface area contributed by atoms with E-state index >= 15 is 0 Å². The van der Waals surface area contributed by atoms with Crippen molar-refractivity contribution in [3.63, 3.8) is 0 Å². The minimum absolute atomic E-state index is 0.151. The molecular formula is C15H19ClN2O. The molecule has 2 aromatic rings. The highest BCUT2D eigenvalue weighted by Crippen LogP contribution is 2.26. The maximum Gasteiger partial charge on any atom is 0.134 e. The normalized spacial score (nSPS) is 14.1. The number of rotatable bonds is 5. The monoisotopic (exact) mass is 278 g/mol. The fraction of sp³-hybridized carbons (Fsp3) is 0.400. The molecule has 0 bridgehead atoms. The highest BCUT2D eigenvalue weighted by Gasteiger charge is 2.09. The van der Waals surface area contributed by atoms with Gasteiger partial charge in [-0.05, 0) is 49.9 Å². The Labute approximate surface area is 118 Å². The zero-order chi connectivity index (χ0) is 13.8. The summed E-state index contributed by atoms with van der Waals surface area (Å²) in [5, 5.41) is 5.78. The van der Waals surface area contributed by atoms with Gasteiger partial charge in [-0.15, -0.1) is 11.6 Å². The number of nitrogens with zero attached hydrogens (tertiary/aromatic N) is 1. The standard InChI is InChI=1S/C15H19ClN2O/c1-10(16)8-11(2)18-15-14-5-4-13(19-3)9-12(14)6-7-17-15/h4-7,9-11H,8H2,1-3H3,(H,17,18). The second-order valence-electron chi connectivity index (χ2n) is 4.81. The van der Waals surface area contributed by atoms with Gasteiger partial charge in [-0.2, -0.15) is 0 Å². The predicted molar refractivity (Wildman–Crippen MR) is 81.3 cm³/mol. The fourth-order valence-electron chi connectivity index (χ4n) is 2.18. The van der Waals surface area contributed by atoms with Crippen molar-refractivity contribution < 1.29 is 4.74 Å². The molecule has 0 fully saturated rings. The smallest absolute Gasteiger partial charge is 0.134 e. The number of fused-ring (bicyclic) bond motifs is 1. The number of ether oxygens (including phenoxy) is 1. The quantitative estimate of drug-likeness (QED) is 0.838. The Morgan fingerprint density at radius 1 is 1.32 bits per heavy atom. The van der Waals surface area contributed by atoms with Gasteiger partial charge in [0.1, 0.15) is 11.6 Å². The van der Waals surface area contributed by atoms with E-state index in [9.17, 15) is 0 Å². The zero-order valence-corrected chi connectivity index (χ0v) is 12.2. The van der Waals surface area contributed by atoms with Gasteiger partial charge in [0.05, 0.1) is 7.11 Å². The Kier molecular flexibility index (Phi) is 4.48.